The third-order valence-corrected chi connectivity index (χ3v) is 9.75. The number of ether oxygens (including phenoxy) is 4. The second kappa shape index (κ2) is 13.4. The summed E-state index contributed by atoms with van der Waals surface area (Å²) >= 11 is 0. The predicted molar refractivity (Wildman–Crippen MR) is 149 cm³/mol. The molecule has 1 unspecified atom stereocenters. The number of nitrogens with two attached hydrogens (primary N) is 1. The van der Waals surface area contributed by atoms with Crippen molar-refractivity contribution in [2.75, 3.05) is 26.8 Å². The Hall–Kier alpha value is -2.60. The number of hydrogen-bond donors (Lipinski definition) is 2. The van der Waals surface area contributed by atoms with Crippen LogP contribution in [0.15, 0.2) is 52.6 Å². The number of aliphatic hydroxyl groups is 1. The van der Waals surface area contributed by atoms with Crippen molar-refractivity contribution in [2.24, 2.45) is 23.5 Å². The molecule has 2 aliphatic heterocycles. The number of primary amides is 1. The van der Waals surface area contributed by atoms with E-state index >= 15 is 0 Å². The lowest BCUT2D eigenvalue weighted by Crippen LogP contribution is -2.50. The average molecular weight is 579 g/mol. The number of rotatable bonds is 12. The summed E-state index contributed by atoms with van der Waals surface area (Å²) in [5.74, 6) is 0.222. The first-order valence-electron chi connectivity index (χ1n) is 14.1. The molecule has 1 aromatic rings. The fourth-order valence-corrected chi connectivity index (χ4v) is 7.74. The van der Waals surface area contributed by atoms with E-state index in [1.54, 1.807) is 18.4 Å². The van der Waals surface area contributed by atoms with Crippen LogP contribution < -0.4 is 10.5 Å². The van der Waals surface area contributed by atoms with E-state index in [2.05, 4.69) is 0 Å². The third-order valence-electron chi connectivity index (χ3n) is 7.90. The van der Waals surface area contributed by atoms with Crippen LogP contribution in [-0.2, 0) is 24.2 Å². The fraction of sp³-hybridized carbons (Fsp3) is 0.621. The van der Waals surface area contributed by atoms with Crippen LogP contribution in [0, 0.1) is 17.8 Å². The normalized spacial score (nSPS) is 22.1. The van der Waals surface area contributed by atoms with Crippen molar-refractivity contribution < 1.29 is 37.3 Å². The van der Waals surface area contributed by atoms with Gasteiger partial charge < -0.3 is 29.8 Å². The second-order valence-electron chi connectivity index (χ2n) is 11.2. The quantitative estimate of drug-likeness (QED) is 0.380. The van der Waals surface area contributed by atoms with Crippen LogP contribution in [0.3, 0.4) is 0 Å². The van der Waals surface area contributed by atoms with Gasteiger partial charge in [0.1, 0.15) is 18.0 Å². The molecule has 0 spiro atoms. The predicted octanol–water partition coefficient (Wildman–Crippen LogP) is 3.95. The number of aliphatic hydroxyl groups excluding tert-OH is 1. The number of carbonyl (C=O) groups excluding carboxylic acids is 1. The first-order valence-corrected chi connectivity index (χ1v) is 15.5. The number of fused-ring (bicyclic) bond motifs is 1. The maximum Gasteiger partial charge on any atom is 0.404 e. The Morgan fingerprint density at radius 1 is 1.15 bits per heavy atom. The standard InChI is InChI=1S/C29H42N2O8S/c1-19(2)17-31(40(34,35)22-11-9-21(36-3)10-12-22)18-25(32)27(39-29(30)33)26(20-7-5-4-6-8-20)23-13-15-37-28-24(23)14-16-38-28/h9-13,15,19-20,25-28,32H,4-8,14,16-18H2,1-3H3,(H2,30,33)/t25-,26?,27-,28+/m1/s1. The molecule has 1 saturated heterocycles. The summed E-state index contributed by atoms with van der Waals surface area (Å²) < 4.78 is 51.0. The Balaban J connectivity index is 1.70. The number of hydrogen-bond acceptors (Lipinski definition) is 8. The maximum atomic E-state index is 13.8. The lowest BCUT2D eigenvalue weighted by atomic mass is 9.71. The van der Waals surface area contributed by atoms with Crippen molar-refractivity contribution in [1.29, 1.82) is 0 Å². The Labute approximate surface area is 237 Å². The Morgan fingerprint density at radius 2 is 1.85 bits per heavy atom. The van der Waals surface area contributed by atoms with Crippen molar-refractivity contribution in [3.05, 3.63) is 47.7 Å². The van der Waals surface area contributed by atoms with Crippen LogP contribution in [0.25, 0.3) is 0 Å². The molecular weight excluding hydrogens is 536 g/mol. The van der Waals surface area contributed by atoms with Crippen LogP contribution in [0.4, 0.5) is 4.79 Å². The van der Waals surface area contributed by atoms with Gasteiger partial charge in [-0.25, -0.2) is 13.2 Å². The van der Waals surface area contributed by atoms with Crippen molar-refractivity contribution in [1.82, 2.24) is 4.31 Å². The highest BCUT2D eigenvalue weighted by Crippen LogP contribution is 2.43. The number of benzene rings is 1. The molecule has 1 saturated carbocycles. The summed E-state index contributed by atoms with van der Waals surface area (Å²) in [6, 6.07) is 6.13. The monoisotopic (exact) mass is 578 g/mol. The van der Waals surface area contributed by atoms with Crippen LogP contribution in [0.5, 0.6) is 5.75 Å². The Bertz CT molecular complexity index is 1170. The van der Waals surface area contributed by atoms with Gasteiger partial charge in [0.05, 0.1) is 24.9 Å². The van der Waals surface area contributed by atoms with Crippen molar-refractivity contribution in [3.63, 3.8) is 0 Å². The van der Waals surface area contributed by atoms with E-state index in [1.807, 2.05) is 19.9 Å². The third kappa shape index (κ3) is 6.99. The summed E-state index contributed by atoms with van der Waals surface area (Å²) in [6.45, 7) is 4.22. The van der Waals surface area contributed by atoms with E-state index in [0.29, 0.717) is 18.8 Å². The molecule has 4 rings (SSSR count). The highest BCUT2D eigenvalue weighted by Gasteiger charge is 2.44. The van der Waals surface area contributed by atoms with Gasteiger partial charge in [-0.3, -0.25) is 0 Å². The fourth-order valence-electron chi connectivity index (χ4n) is 6.12. The largest absolute Gasteiger partial charge is 0.497 e. The number of methoxy groups -OCH3 is 1. The minimum absolute atomic E-state index is 0.0235. The molecule has 11 heteroatoms. The molecule has 3 aliphatic rings. The smallest absolute Gasteiger partial charge is 0.404 e. The van der Waals surface area contributed by atoms with Crippen LogP contribution >= 0.6 is 0 Å². The molecule has 0 aromatic heterocycles. The summed E-state index contributed by atoms with van der Waals surface area (Å²) in [6.07, 6.45) is 5.14. The van der Waals surface area contributed by atoms with Gasteiger partial charge >= 0.3 is 6.09 Å². The molecule has 40 heavy (non-hydrogen) atoms. The van der Waals surface area contributed by atoms with Crippen molar-refractivity contribution in [2.45, 2.75) is 75.8 Å². The summed E-state index contributed by atoms with van der Waals surface area (Å²) in [5.41, 5.74) is 7.43. The van der Waals surface area contributed by atoms with Crippen LogP contribution in [0.1, 0.15) is 52.4 Å². The second-order valence-corrected chi connectivity index (χ2v) is 13.1. The number of nitrogens with zero attached hydrogens (tertiary/aromatic N) is 1. The molecule has 1 amide bonds. The van der Waals surface area contributed by atoms with E-state index in [1.165, 1.54) is 23.5 Å². The number of allylic oxidation sites excluding steroid dienone is 1. The molecule has 4 atom stereocenters. The van der Waals surface area contributed by atoms with Gasteiger partial charge in [0.15, 0.2) is 0 Å². The number of amides is 1. The van der Waals surface area contributed by atoms with E-state index in [-0.39, 0.29) is 29.8 Å². The van der Waals surface area contributed by atoms with E-state index in [0.717, 1.165) is 43.3 Å². The Morgan fingerprint density at radius 3 is 2.48 bits per heavy atom. The molecule has 0 radical (unpaired) electrons. The average Bonchev–Trinajstić information content (AvgIpc) is 3.42. The SMILES string of the molecule is COc1ccc(S(=O)(=O)N(CC(C)C)C[C@@H](O)[C@@H](OC(N)=O)C(C2=C3CCO[C@@H]3OC=C2)C2CCCCC2)cc1. The summed E-state index contributed by atoms with van der Waals surface area (Å²) in [7, 11) is -2.48. The molecule has 10 nitrogen and oxygen atoms in total. The summed E-state index contributed by atoms with van der Waals surface area (Å²) in [5, 5.41) is 11.7. The zero-order chi connectivity index (χ0) is 28.9. The van der Waals surface area contributed by atoms with Gasteiger partial charge in [0.25, 0.3) is 0 Å². The topological polar surface area (TPSA) is 138 Å². The van der Waals surface area contributed by atoms with Gasteiger partial charge in [-0.1, -0.05) is 33.1 Å². The summed E-state index contributed by atoms with van der Waals surface area (Å²) in [4.78, 5) is 12.3. The molecule has 3 N–H and O–H groups in total. The van der Waals surface area contributed by atoms with Gasteiger partial charge in [-0.05, 0) is 67.0 Å². The zero-order valence-corrected chi connectivity index (χ0v) is 24.3. The van der Waals surface area contributed by atoms with E-state index < -0.39 is 40.5 Å². The number of sulfonamides is 1. The van der Waals surface area contributed by atoms with Gasteiger partial charge in [-0.15, -0.1) is 0 Å². The first kappa shape index (κ1) is 30.4. The van der Waals surface area contributed by atoms with Crippen molar-refractivity contribution in [3.8, 4) is 5.75 Å². The molecule has 0 bridgehead atoms. The van der Waals surface area contributed by atoms with Crippen LogP contribution in [-0.4, -0.2) is 69.2 Å². The highest BCUT2D eigenvalue weighted by molar-refractivity contribution is 7.89. The molecule has 222 valence electrons. The molecule has 2 heterocycles. The van der Waals surface area contributed by atoms with Gasteiger partial charge in [0.2, 0.25) is 16.3 Å². The Kier molecular flexibility index (Phi) is 10.2. The van der Waals surface area contributed by atoms with E-state index in [4.69, 9.17) is 24.7 Å². The minimum Gasteiger partial charge on any atom is -0.497 e. The molecule has 2 fully saturated rings. The van der Waals surface area contributed by atoms with E-state index in [9.17, 15) is 18.3 Å². The zero-order valence-electron chi connectivity index (χ0n) is 23.5. The first-order chi connectivity index (χ1) is 19.1. The minimum atomic E-state index is -3.99. The van der Waals surface area contributed by atoms with Crippen molar-refractivity contribution >= 4 is 16.1 Å². The number of carbonyl (C=O) groups is 1. The lowest BCUT2D eigenvalue weighted by Gasteiger charge is -2.40. The van der Waals surface area contributed by atoms with Crippen LogP contribution in [0.2, 0.25) is 0 Å². The van der Waals surface area contributed by atoms with Gasteiger partial charge in [0, 0.05) is 24.6 Å². The molecule has 1 aliphatic carbocycles. The van der Waals surface area contributed by atoms with Gasteiger partial charge in [-0.2, -0.15) is 4.31 Å². The lowest BCUT2D eigenvalue weighted by molar-refractivity contribution is -0.0577. The molecule has 1 aromatic carbocycles. The highest BCUT2D eigenvalue weighted by atomic mass is 32.2. The molecular formula is C29H42N2O8S. The maximum absolute atomic E-state index is 13.8.